The molecule has 1 unspecified atom stereocenters. The summed E-state index contributed by atoms with van der Waals surface area (Å²) in [6.45, 7) is 7.12. The number of anilines is 1. The van der Waals surface area contributed by atoms with Crippen LogP contribution in [0.1, 0.15) is 12.5 Å². The van der Waals surface area contributed by atoms with Gasteiger partial charge in [-0.3, -0.25) is 0 Å². The normalized spacial score (nSPS) is 25.8. The van der Waals surface area contributed by atoms with Crippen molar-refractivity contribution in [3.8, 4) is 0 Å². The molecule has 0 aromatic heterocycles. The molecule has 2 N–H and O–H groups in total. The van der Waals surface area contributed by atoms with E-state index < -0.39 is 5.60 Å². The molecule has 1 aromatic rings. The maximum Gasteiger partial charge on any atom is 0.0917 e. The second-order valence-electron chi connectivity index (χ2n) is 5.03. The quantitative estimate of drug-likeness (QED) is 0.831. The van der Waals surface area contributed by atoms with E-state index >= 15 is 0 Å². The Balaban J connectivity index is 2.22. The Labute approximate surface area is 111 Å². The van der Waals surface area contributed by atoms with Gasteiger partial charge in [0.2, 0.25) is 0 Å². The van der Waals surface area contributed by atoms with E-state index in [1.807, 2.05) is 6.92 Å². The van der Waals surface area contributed by atoms with Gasteiger partial charge in [0.25, 0.3) is 0 Å². The number of hydrogen-bond acceptors (Lipinski definition) is 3. The van der Waals surface area contributed by atoms with E-state index in [4.69, 9.17) is 0 Å². The Morgan fingerprint density at radius 2 is 2.24 bits per heavy atom. The van der Waals surface area contributed by atoms with Crippen molar-refractivity contribution in [3.05, 3.63) is 28.2 Å². The Morgan fingerprint density at radius 3 is 2.94 bits per heavy atom. The molecule has 1 aliphatic rings. The van der Waals surface area contributed by atoms with E-state index in [0.717, 1.165) is 17.6 Å². The summed E-state index contributed by atoms with van der Waals surface area (Å²) in [5.74, 6) is 0. The summed E-state index contributed by atoms with van der Waals surface area (Å²) in [4.78, 5) is 2.24. The van der Waals surface area contributed by atoms with Gasteiger partial charge in [-0.15, -0.1) is 0 Å². The molecule has 4 heteroatoms. The summed E-state index contributed by atoms with van der Waals surface area (Å²) in [6.07, 6.45) is 0. The fraction of sp³-hybridized carbons (Fsp3) is 0.538. The van der Waals surface area contributed by atoms with Crippen molar-refractivity contribution in [2.24, 2.45) is 0 Å². The van der Waals surface area contributed by atoms with E-state index in [0.29, 0.717) is 13.1 Å². The highest BCUT2D eigenvalue weighted by atomic mass is 79.9. The lowest BCUT2D eigenvalue weighted by molar-refractivity contribution is 0.0729. The Kier molecular flexibility index (Phi) is 3.76. The van der Waals surface area contributed by atoms with Crippen LogP contribution in [0.4, 0.5) is 5.69 Å². The van der Waals surface area contributed by atoms with Gasteiger partial charge in [-0.25, -0.2) is 0 Å². The number of benzene rings is 1. The summed E-state index contributed by atoms with van der Waals surface area (Å²) in [7, 11) is 0. The number of rotatable bonds is 1. The molecule has 0 radical (unpaired) electrons. The zero-order valence-electron chi connectivity index (χ0n) is 10.3. The van der Waals surface area contributed by atoms with Crippen LogP contribution in [0.2, 0.25) is 0 Å². The number of nitrogens with one attached hydrogen (secondary N) is 1. The molecule has 2 rings (SSSR count). The van der Waals surface area contributed by atoms with E-state index in [-0.39, 0.29) is 0 Å². The zero-order valence-corrected chi connectivity index (χ0v) is 11.9. The van der Waals surface area contributed by atoms with Gasteiger partial charge in [0, 0.05) is 36.3 Å². The lowest BCUT2D eigenvalue weighted by atomic mass is 10.1. The molecule has 0 bridgehead atoms. The second kappa shape index (κ2) is 4.96. The molecular weight excluding hydrogens is 280 g/mol. The Morgan fingerprint density at radius 1 is 1.47 bits per heavy atom. The van der Waals surface area contributed by atoms with Crippen LogP contribution in [0.5, 0.6) is 0 Å². The number of nitrogens with zero attached hydrogens (tertiary/aromatic N) is 1. The first kappa shape index (κ1) is 12.9. The molecule has 3 nitrogen and oxygen atoms in total. The number of aliphatic hydroxyl groups is 1. The summed E-state index contributed by atoms with van der Waals surface area (Å²) in [5, 5.41) is 13.5. The first-order chi connectivity index (χ1) is 7.98. The number of aryl methyl sites for hydroxylation is 1. The predicted octanol–water partition coefficient (Wildman–Crippen LogP) is 1.92. The van der Waals surface area contributed by atoms with Crippen molar-refractivity contribution >= 4 is 21.6 Å². The predicted molar refractivity (Wildman–Crippen MR) is 74.6 cm³/mol. The maximum absolute atomic E-state index is 10.2. The van der Waals surface area contributed by atoms with Crippen LogP contribution >= 0.6 is 15.9 Å². The van der Waals surface area contributed by atoms with Gasteiger partial charge in [0.15, 0.2) is 0 Å². The van der Waals surface area contributed by atoms with E-state index in [1.54, 1.807) is 0 Å². The number of halogens is 1. The third-order valence-corrected chi connectivity index (χ3v) is 3.99. The van der Waals surface area contributed by atoms with Crippen LogP contribution in [0, 0.1) is 6.92 Å². The zero-order chi connectivity index (χ0) is 12.5. The minimum absolute atomic E-state index is 0.652. The van der Waals surface area contributed by atoms with Gasteiger partial charge in [0.1, 0.15) is 0 Å². The van der Waals surface area contributed by atoms with Crippen LogP contribution in [0.25, 0.3) is 0 Å². The highest BCUT2D eigenvalue weighted by Gasteiger charge is 2.26. The van der Waals surface area contributed by atoms with Gasteiger partial charge in [-0.1, -0.05) is 15.9 Å². The van der Waals surface area contributed by atoms with Gasteiger partial charge in [0.05, 0.1) is 5.60 Å². The van der Waals surface area contributed by atoms with Crippen molar-refractivity contribution in [2.75, 3.05) is 31.1 Å². The number of hydrogen-bond donors (Lipinski definition) is 2. The third-order valence-electron chi connectivity index (χ3n) is 3.10. The minimum Gasteiger partial charge on any atom is -0.387 e. The van der Waals surface area contributed by atoms with Gasteiger partial charge < -0.3 is 15.3 Å². The Bertz CT molecular complexity index is 406. The van der Waals surface area contributed by atoms with Crippen LogP contribution in [-0.4, -0.2) is 36.9 Å². The molecule has 94 valence electrons. The van der Waals surface area contributed by atoms with Crippen molar-refractivity contribution in [3.63, 3.8) is 0 Å². The molecule has 0 saturated carbocycles. The SMILES string of the molecule is Cc1cc(N2CCNCC(C)(O)C2)ccc1Br. The van der Waals surface area contributed by atoms with Crippen molar-refractivity contribution in [2.45, 2.75) is 19.4 Å². The number of β-amino-alcohol motifs (C(OH)–C–C–N with tert-alkyl or cyclic N) is 1. The minimum atomic E-state index is -0.669. The smallest absolute Gasteiger partial charge is 0.0917 e. The highest BCUT2D eigenvalue weighted by Crippen LogP contribution is 2.24. The van der Waals surface area contributed by atoms with Gasteiger partial charge in [-0.05, 0) is 37.6 Å². The fourth-order valence-electron chi connectivity index (χ4n) is 2.16. The van der Waals surface area contributed by atoms with Crippen LogP contribution in [-0.2, 0) is 0 Å². The summed E-state index contributed by atoms with van der Waals surface area (Å²) in [6, 6.07) is 6.32. The van der Waals surface area contributed by atoms with Crippen LogP contribution in [0.15, 0.2) is 22.7 Å². The van der Waals surface area contributed by atoms with Gasteiger partial charge >= 0.3 is 0 Å². The molecule has 0 spiro atoms. The van der Waals surface area contributed by atoms with Crippen LogP contribution < -0.4 is 10.2 Å². The molecule has 1 heterocycles. The summed E-state index contributed by atoms with van der Waals surface area (Å²) >= 11 is 3.51. The second-order valence-corrected chi connectivity index (χ2v) is 5.88. The topological polar surface area (TPSA) is 35.5 Å². The standard InChI is InChI=1S/C13H19BrN2O/c1-10-7-11(3-4-12(10)14)16-6-5-15-8-13(2,17)9-16/h3-4,7,15,17H,5-6,8-9H2,1-2H3. The van der Waals surface area contributed by atoms with E-state index in [9.17, 15) is 5.11 Å². The van der Waals surface area contributed by atoms with Crippen molar-refractivity contribution < 1.29 is 5.11 Å². The largest absolute Gasteiger partial charge is 0.387 e. The Hall–Kier alpha value is -0.580. The van der Waals surface area contributed by atoms with Gasteiger partial charge in [-0.2, -0.15) is 0 Å². The monoisotopic (exact) mass is 298 g/mol. The molecule has 1 saturated heterocycles. The van der Waals surface area contributed by atoms with Crippen LogP contribution in [0.3, 0.4) is 0 Å². The lowest BCUT2D eigenvalue weighted by Crippen LogP contribution is -2.43. The molecular formula is C13H19BrN2O. The molecule has 1 atom stereocenters. The molecule has 1 aromatic carbocycles. The lowest BCUT2D eigenvalue weighted by Gasteiger charge is -2.29. The molecule has 1 fully saturated rings. The highest BCUT2D eigenvalue weighted by molar-refractivity contribution is 9.10. The van der Waals surface area contributed by atoms with E-state index in [2.05, 4.69) is 51.3 Å². The molecule has 1 aliphatic heterocycles. The average molecular weight is 299 g/mol. The third kappa shape index (κ3) is 3.21. The fourth-order valence-corrected chi connectivity index (χ4v) is 2.41. The maximum atomic E-state index is 10.2. The van der Waals surface area contributed by atoms with Crippen molar-refractivity contribution in [1.82, 2.24) is 5.32 Å². The summed E-state index contributed by atoms with van der Waals surface area (Å²) < 4.78 is 1.13. The molecule has 0 aliphatic carbocycles. The molecule has 0 amide bonds. The first-order valence-corrected chi connectivity index (χ1v) is 6.71. The van der Waals surface area contributed by atoms with Crippen molar-refractivity contribution in [1.29, 1.82) is 0 Å². The average Bonchev–Trinajstić information content (AvgIpc) is 2.43. The van der Waals surface area contributed by atoms with E-state index in [1.165, 1.54) is 11.3 Å². The molecule has 17 heavy (non-hydrogen) atoms. The summed E-state index contributed by atoms with van der Waals surface area (Å²) in [5.41, 5.74) is 1.73. The first-order valence-electron chi connectivity index (χ1n) is 5.92.